The Morgan fingerprint density at radius 2 is 2.14 bits per heavy atom. The van der Waals surface area contributed by atoms with Crippen molar-refractivity contribution in [3.05, 3.63) is 44.9 Å². The summed E-state index contributed by atoms with van der Waals surface area (Å²) in [5.74, 6) is -0.106. The molecule has 0 aliphatic heterocycles. The number of halogens is 1. The van der Waals surface area contributed by atoms with Gasteiger partial charge in [-0.2, -0.15) is 0 Å². The van der Waals surface area contributed by atoms with Crippen molar-refractivity contribution in [1.29, 1.82) is 0 Å². The van der Waals surface area contributed by atoms with Crippen molar-refractivity contribution in [1.82, 2.24) is 9.88 Å². The minimum absolute atomic E-state index is 0.106. The van der Waals surface area contributed by atoms with Gasteiger partial charge in [-0.15, -0.1) is 11.3 Å². The molecule has 0 saturated carbocycles. The number of aryl methyl sites for hydroxylation is 1. The second kappa shape index (κ2) is 6.45. The van der Waals surface area contributed by atoms with E-state index >= 15 is 0 Å². The number of aromatic nitrogens is 1. The predicted octanol–water partition coefficient (Wildman–Crippen LogP) is 3.98. The lowest BCUT2D eigenvalue weighted by Crippen LogP contribution is -2.22. The highest BCUT2D eigenvalue weighted by Gasteiger charge is 2.15. The van der Waals surface area contributed by atoms with Crippen molar-refractivity contribution < 1.29 is 4.79 Å². The normalized spacial score (nSPS) is 12.0. The number of nitrogens with one attached hydrogen (secondary N) is 1. The fourth-order valence-electron chi connectivity index (χ4n) is 2.06. The van der Waals surface area contributed by atoms with E-state index in [1.54, 1.807) is 37.6 Å². The average molecular weight is 324 g/mol. The molecule has 1 amide bonds. The SMILES string of the molecule is Cc1ncsc1C(C)Nc1ccc(Cl)c(C(=O)N(C)C)c1. The van der Waals surface area contributed by atoms with Gasteiger partial charge < -0.3 is 10.2 Å². The van der Waals surface area contributed by atoms with Gasteiger partial charge in [0.1, 0.15) is 0 Å². The van der Waals surface area contributed by atoms with Crippen LogP contribution >= 0.6 is 22.9 Å². The third-order valence-corrected chi connectivity index (χ3v) is 4.61. The van der Waals surface area contributed by atoms with E-state index in [1.807, 2.05) is 18.5 Å². The van der Waals surface area contributed by atoms with E-state index in [0.717, 1.165) is 11.4 Å². The highest BCUT2D eigenvalue weighted by Crippen LogP contribution is 2.27. The Morgan fingerprint density at radius 3 is 2.71 bits per heavy atom. The molecule has 1 atom stereocenters. The molecule has 2 aromatic rings. The highest BCUT2D eigenvalue weighted by molar-refractivity contribution is 7.09. The first-order chi connectivity index (χ1) is 9.90. The largest absolute Gasteiger partial charge is 0.378 e. The summed E-state index contributed by atoms with van der Waals surface area (Å²) in [7, 11) is 3.42. The van der Waals surface area contributed by atoms with Crippen LogP contribution in [0.5, 0.6) is 0 Å². The van der Waals surface area contributed by atoms with Crippen molar-refractivity contribution in [2.45, 2.75) is 19.9 Å². The van der Waals surface area contributed by atoms with Gasteiger partial charge in [0.05, 0.1) is 27.8 Å². The van der Waals surface area contributed by atoms with E-state index in [-0.39, 0.29) is 11.9 Å². The molecule has 0 fully saturated rings. The molecule has 6 heteroatoms. The van der Waals surface area contributed by atoms with E-state index in [0.29, 0.717) is 10.6 Å². The van der Waals surface area contributed by atoms with E-state index in [4.69, 9.17) is 11.6 Å². The summed E-state index contributed by atoms with van der Waals surface area (Å²) in [5.41, 5.74) is 4.23. The first-order valence-electron chi connectivity index (χ1n) is 6.58. The second-order valence-electron chi connectivity index (χ2n) is 5.06. The van der Waals surface area contributed by atoms with Crippen molar-refractivity contribution in [3.8, 4) is 0 Å². The van der Waals surface area contributed by atoms with Crippen molar-refractivity contribution in [2.24, 2.45) is 0 Å². The summed E-state index contributed by atoms with van der Waals surface area (Å²) in [6.07, 6.45) is 0. The van der Waals surface area contributed by atoms with E-state index < -0.39 is 0 Å². The smallest absolute Gasteiger partial charge is 0.254 e. The first kappa shape index (κ1) is 15.8. The Balaban J connectivity index is 2.24. The van der Waals surface area contributed by atoms with Crippen LogP contribution in [0.15, 0.2) is 23.7 Å². The van der Waals surface area contributed by atoms with Gasteiger partial charge in [0.15, 0.2) is 0 Å². The molecule has 0 saturated heterocycles. The maximum absolute atomic E-state index is 12.1. The molecule has 0 aliphatic carbocycles. The van der Waals surface area contributed by atoms with Gasteiger partial charge in [0.2, 0.25) is 0 Å². The molecule has 1 heterocycles. The summed E-state index contributed by atoms with van der Waals surface area (Å²) in [6.45, 7) is 4.06. The molecule has 0 aliphatic rings. The monoisotopic (exact) mass is 323 g/mol. The van der Waals surface area contributed by atoms with Gasteiger partial charge in [-0.1, -0.05) is 11.6 Å². The molecule has 1 aromatic carbocycles. The molecule has 1 aromatic heterocycles. The summed E-state index contributed by atoms with van der Waals surface area (Å²) < 4.78 is 0. The van der Waals surface area contributed by atoms with Gasteiger partial charge in [0.25, 0.3) is 5.91 Å². The number of carbonyl (C=O) groups is 1. The minimum Gasteiger partial charge on any atom is -0.378 e. The molecule has 4 nitrogen and oxygen atoms in total. The number of thiazole rings is 1. The standard InChI is InChI=1S/C15H18ClN3OS/c1-9-14(21-8-17-9)10(2)18-11-5-6-13(16)12(7-11)15(20)19(3)4/h5-8,10,18H,1-4H3. The van der Waals surface area contributed by atoms with Crippen molar-refractivity contribution in [3.63, 3.8) is 0 Å². The number of benzene rings is 1. The average Bonchev–Trinajstić information content (AvgIpc) is 2.86. The molecule has 0 radical (unpaired) electrons. The van der Waals surface area contributed by atoms with Crippen LogP contribution in [0.1, 0.15) is 33.9 Å². The summed E-state index contributed by atoms with van der Waals surface area (Å²) in [6, 6.07) is 5.53. The van der Waals surface area contributed by atoms with Gasteiger partial charge in [0, 0.05) is 24.7 Å². The number of carbonyl (C=O) groups excluding carboxylic acids is 1. The quantitative estimate of drug-likeness (QED) is 0.925. The number of hydrogen-bond acceptors (Lipinski definition) is 4. The second-order valence-corrected chi connectivity index (χ2v) is 6.36. The van der Waals surface area contributed by atoms with Crippen LogP contribution < -0.4 is 5.32 Å². The molecule has 112 valence electrons. The number of rotatable bonds is 4. The Bertz CT molecular complexity index is 654. The first-order valence-corrected chi connectivity index (χ1v) is 7.83. The Hall–Kier alpha value is -1.59. The lowest BCUT2D eigenvalue weighted by molar-refractivity contribution is 0.0828. The van der Waals surface area contributed by atoms with Gasteiger partial charge >= 0.3 is 0 Å². The van der Waals surface area contributed by atoms with Crippen LogP contribution in [0.3, 0.4) is 0 Å². The fourth-order valence-corrected chi connectivity index (χ4v) is 3.07. The summed E-state index contributed by atoms with van der Waals surface area (Å²) in [5, 5.41) is 3.85. The Morgan fingerprint density at radius 1 is 1.43 bits per heavy atom. The van der Waals surface area contributed by atoms with Crippen LogP contribution in [0, 0.1) is 6.92 Å². The zero-order valence-corrected chi connectivity index (χ0v) is 14.0. The van der Waals surface area contributed by atoms with Crippen LogP contribution in [0.2, 0.25) is 5.02 Å². The van der Waals surface area contributed by atoms with Crippen LogP contribution in [0.25, 0.3) is 0 Å². The lowest BCUT2D eigenvalue weighted by Gasteiger charge is -2.17. The molecule has 21 heavy (non-hydrogen) atoms. The maximum atomic E-state index is 12.1. The zero-order chi connectivity index (χ0) is 15.6. The molecule has 0 spiro atoms. The zero-order valence-electron chi connectivity index (χ0n) is 12.5. The third kappa shape index (κ3) is 3.54. The van der Waals surface area contributed by atoms with E-state index in [2.05, 4.69) is 17.2 Å². The number of nitrogens with zero attached hydrogens (tertiary/aromatic N) is 2. The Kier molecular flexibility index (Phi) is 4.85. The third-order valence-electron chi connectivity index (χ3n) is 3.16. The summed E-state index contributed by atoms with van der Waals surface area (Å²) in [4.78, 5) is 19.1. The number of hydrogen-bond donors (Lipinski definition) is 1. The van der Waals surface area contributed by atoms with Gasteiger partial charge in [-0.3, -0.25) is 4.79 Å². The highest BCUT2D eigenvalue weighted by atomic mass is 35.5. The Labute approximate surface area is 133 Å². The molecule has 1 N–H and O–H groups in total. The predicted molar refractivity (Wildman–Crippen MR) is 88.4 cm³/mol. The molecule has 2 rings (SSSR count). The minimum atomic E-state index is -0.106. The topological polar surface area (TPSA) is 45.2 Å². The van der Waals surface area contributed by atoms with Gasteiger partial charge in [-0.25, -0.2) is 4.98 Å². The molecule has 0 bridgehead atoms. The summed E-state index contributed by atoms with van der Waals surface area (Å²) >= 11 is 7.73. The maximum Gasteiger partial charge on any atom is 0.254 e. The van der Waals surface area contributed by atoms with E-state index in [1.165, 1.54) is 9.78 Å². The van der Waals surface area contributed by atoms with Crippen LogP contribution in [-0.2, 0) is 0 Å². The van der Waals surface area contributed by atoms with Gasteiger partial charge in [-0.05, 0) is 32.0 Å². The lowest BCUT2D eigenvalue weighted by atomic mass is 10.1. The van der Waals surface area contributed by atoms with E-state index in [9.17, 15) is 4.79 Å². The van der Waals surface area contributed by atoms with Crippen LogP contribution in [-0.4, -0.2) is 29.9 Å². The molecule has 1 unspecified atom stereocenters. The van der Waals surface area contributed by atoms with Crippen molar-refractivity contribution >= 4 is 34.5 Å². The van der Waals surface area contributed by atoms with Crippen LogP contribution in [0.4, 0.5) is 5.69 Å². The number of anilines is 1. The molecular weight excluding hydrogens is 306 g/mol. The fraction of sp³-hybridized carbons (Fsp3) is 0.333. The molecular formula is C15H18ClN3OS. The van der Waals surface area contributed by atoms with Crippen molar-refractivity contribution in [2.75, 3.05) is 19.4 Å². The number of amides is 1.